The molecule has 2 aromatic carbocycles. The van der Waals surface area contributed by atoms with E-state index in [4.69, 9.17) is 15.2 Å². The molecular formula is C24H33IN4O3. The van der Waals surface area contributed by atoms with Gasteiger partial charge in [-0.25, -0.2) is 0 Å². The summed E-state index contributed by atoms with van der Waals surface area (Å²) in [5.41, 5.74) is 8.19. The molecule has 3 rings (SSSR count). The van der Waals surface area contributed by atoms with Gasteiger partial charge in [0, 0.05) is 24.9 Å². The SMILES string of the molecule is CCOc1ccc(C(C)NC(=O)CCCN=C(N)NC2CCOc3ccccc32)cc1.I. The van der Waals surface area contributed by atoms with E-state index < -0.39 is 0 Å². The Morgan fingerprint density at radius 3 is 2.75 bits per heavy atom. The minimum atomic E-state index is -0.0630. The molecule has 1 heterocycles. The van der Waals surface area contributed by atoms with Crippen LogP contribution in [0.1, 0.15) is 56.3 Å². The third kappa shape index (κ3) is 7.58. The molecule has 4 N–H and O–H groups in total. The van der Waals surface area contributed by atoms with Crippen LogP contribution in [0.4, 0.5) is 0 Å². The van der Waals surface area contributed by atoms with Gasteiger partial charge >= 0.3 is 0 Å². The number of carbonyl (C=O) groups is 1. The zero-order valence-electron chi connectivity index (χ0n) is 18.7. The van der Waals surface area contributed by atoms with Gasteiger partial charge in [-0.2, -0.15) is 0 Å². The van der Waals surface area contributed by atoms with Gasteiger partial charge in [0.15, 0.2) is 5.96 Å². The summed E-state index contributed by atoms with van der Waals surface area (Å²) in [6, 6.07) is 15.8. The second-order valence-electron chi connectivity index (χ2n) is 7.53. The molecule has 2 atom stereocenters. The average molecular weight is 552 g/mol. The molecule has 7 nitrogen and oxygen atoms in total. The molecule has 0 saturated heterocycles. The summed E-state index contributed by atoms with van der Waals surface area (Å²) in [6.45, 7) is 5.70. The Morgan fingerprint density at radius 2 is 2.00 bits per heavy atom. The molecule has 174 valence electrons. The number of hydrogen-bond donors (Lipinski definition) is 3. The average Bonchev–Trinajstić information content (AvgIpc) is 2.78. The lowest BCUT2D eigenvalue weighted by Crippen LogP contribution is -2.37. The van der Waals surface area contributed by atoms with Gasteiger partial charge in [-0.15, -0.1) is 24.0 Å². The number of amides is 1. The number of rotatable bonds is 9. The monoisotopic (exact) mass is 552 g/mol. The van der Waals surface area contributed by atoms with Crippen LogP contribution in [0.5, 0.6) is 11.5 Å². The van der Waals surface area contributed by atoms with Crippen molar-refractivity contribution in [1.82, 2.24) is 10.6 Å². The molecule has 2 unspecified atom stereocenters. The highest BCUT2D eigenvalue weighted by Crippen LogP contribution is 2.31. The number of nitrogens with two attached hydrogens (primary N) is 1. The summed E-state index contributed by atoms with van der Waals surface area (Å²) < 4.78 is 11.1. The van der Waals surface area contributed by atoms with Crippen molar-refractivity contribution >= 4 is 35.8 Å². The van der Waals surface area contributed by atoms with E-state index in [1.54, 1.807) is 0 Å². The smallest absolute Gasteiger partial charge is 0.220 e. The van der Waals surface area contributed by atoms with Gasteiger partial charge in [-0.05, 0) is 44.0 Å². The minimum Gasteiger partial charge on any atom is -0.494 e. The summed E-state index contributed by atoms with van der Waals surface area (Å²) in [5.74, 6) is 2.11. The molecule has 0 saturated carbocycles. The molecule has 0 bridgehead atoms. The molecule has 1 amide bonds. The highest BCUT2D eigenvalue weighted by Gasteiger charge is 2.21. The lowest BCUT2D eigenvalue weighted by Gasteiger charge is -2.26. The fourth-order valence-corrected chi connectivity index (χ4v) is 3.57. The molecule has 2 aromatic rings. The standard InChI is InChI=1S/C24H32N4O3.HI/c1-3-30-19-12-10-18(11-13-19)17(2)27-23(29)9-6-15-26-24(25)28-21-14-16-31-22-8-5-4-7-20(21)22;/h4-5,7-8,10-13,17,21H,3,6,9,14-16H2,1-2H3,(H,27,29)(H3,25,26,28);1H. The summed E-state index contributed by atoms with van der Waals surface area (Å²) in [6.07, 6.45) is 1.87. The number of aliphatic imine (C=N–C) groups is 1. The van der Waals surface area contributed by atoms with E-state index in [-0.39, 0.29) is 42.0 Å². The number of halogens is 1. The Morgan fingerprint density at radius 1 is 1.25 bits per heavy atom. The van der Waals surface area contributed by atoms with E-state index >= 15 is 0 Å². The number of benzene rings is 2. The van der Waals surface area contributed by atoms with Gasteiger partial charge in [0.1, 0.15) is 11.5 Å². The van der Waals surface area contributed by atoms with Crippen LogP contribution >= 0.6 is 24.0 Å². The van der Waals surface area contributed by atoms with Gasteiger partial charge in [0.25, 0.3) is 0 Å². The molecular weight excluding hydrogens is 519 g/mol. The van der Waals surface area contributed by atoms with Crippen molar-refractivity contribution in [1.29, 1.82) is 0 Å². The first-order valence-electron chi connectivity index (χ1n) is 10.9. The molecule has 0 aliphatic carbocycles. The Balaban J connectivity index is 0.00000363. The van der Waals surface area contributed by atoms with Gasteiger partial charge in [-0.3, -0.25) is 9.79 Å². The van der Waals surface area contributed by atoms with Crippen LogP contribution in [0.25, 0.3) is 0 Å². The molecule has 0 radical (unpaired) electrons. The van der Waals surface area contributed by atoms with Crippen LogP contribution in [0.2, 0.25) is 0 Å². The summed E-state index contributed by atoms with van der Waals surface area (Å²) in [5, 5.41) is 6.29. The maximum Gasteiger partial charge on any atom is 0.220 e. The zero-order valence-corrected chi connectivity index (χ0v) is 21.0. The Kier molecular flexibility index (Phi) is 10.6. The lowest BCUT2D eigenvalue weighted by molar-refractivity contribution is -0.121. The van der Waals surface area contributed by atoms with E-state index in [9.17, 15) is 4.79 Å². The fraction of sp³-hybridized carbons (Fsp3) is 0.417. The van der Waals surface area contributed by atoms with Crippen molar-refractivity contribution < 1.29 is 14.3 Å². The molecule has 1 aliphatic heterocycles. The van der Waals surface area contributed by atoms with E-state index in [0.29, 0.717) is 38.6 Å². The summed E-state index contributed by atoms with van der Waals surface area (Å²) in [4.78, 5) is 16.6. The number of carbonyl (C=O) groups excluding carboxylic acids is 1. The van der Waals surface area contributed by atoms with E-state index in [1.165, 1.54) is 0 Å². The van der Waals surface area contributed by atoms with E-state index in [0.717, 1.165) is 29.0 Å². The number of nitrogens with one attached hydrogen (secondary N) is 2. The third-order valence-corrected chi connectivity index (χ3v) is 5.19. The Hall–Kier alpha value is -2.49. The van der Waals surface area contributed by atoms with Gasteiger partial charge < -0.3 is 25.8 Å². The first kappa shape index (κ1) is 25.8. The number of para-hydroxylation sites is 1. The highest BCUT2D eigenvalue weighted by atomic mass is 127. The summed E-state index contributed by atoms with van der Waals surface area (Å²) >= 11 is 0. The molecule has 32 heavy (non-hydrogen) atoms. The fourth-order valence-electron chi connectivity index (χ4n) is 3.57. The molecule has 0 spiro atoms. The first-order valence-corrected chi connectivity index (χ1v) is 10.9. The van der Waals surface area contributed by atoms with Crippen molar-refractivity contribution in [3.8, 4) is 11.5 Å². The van der Waals surface area contributed by atoms with Crippen molar-refractivity contribution in [2.24, 2.45) is 10.7 Å². The Bertz CT molecular complexity index is 889. The molecule has 0 fully saturated rings. The topological polar surface area (TPSA) is 98.0 Å². The van der Waals surface area contributed by atoms with Crippen molar-refractivity contribution in [3.05, 3.63) is 59.7 Å². The molecule has 0 aromatic heterocycles. The van der Waals surface area contributed by atoms with E-state index in [2.05, 4.69) is 15.6 Å². The van der Waals surface area contributed by atoms with Crippen LogP contribution < -0.4 is 25.8 Å². The number of guanidine groups is 1. The summed E-state index contributed by atoms with van der Waals surface area (Å²) in [7, 11) is 0. The van der Waals surface area contributed by atoms with Crippen molar-refractivity contribution in [3.63, 3.8) is 0 Å². The van der Waals surface area contributed by atoms with Crippen molar-refractivity contribution in [2.45, 2.75) is 45.2 Å². The minimum absolute atomic E-state index is 0. The maximum absolute atomic E-state index is 12.3. The highest BCUT2D eigenvalue weighted by molar-refractivity contribution is 14.0. The van der Waals surface area contributed by atoms with Crippen LogP contribution in [0.15, 0.2) is 53.5 Å². The van der Waals surface area contributed by atoms with Crippen LogP contribution in [-0.2, 0) is 4.79 Å². The molecule has 1 aliphatic rings. The van der Waals surface area contributed by atoms with Crippen molar-refractivity contribution in [2.75, 3.05) is 19.8 Å². The number of hydrogen-bond acceptors (Lipinski definition) is 4. The van der Waals surface area contributed by atoms with Crippen LogP contribution in [0.3, 0.4) is 0 Å². The maximum atomic E-state index is 12.3. The number of nitrogens with zero attached hydrogens (tertiary/aromatic N) is 1. The van der Waals surface area contributed by atoms with Crippen LogP contribution in [0, 0.1) is 0 Å². The normalized spacial score (nSPS) is 16.1. The first-order chi connectivity index (χ1) is 15.1. The number of ether oxygens (including phenoxy) is 2. The third-order valence-electron chi connectivity index (χ3n) is 5.19. The predicted octanol–water partition coefficient (Wildman–Crippen LogP) is 4.09. The second-order valence-corrected chi connectivity index (χ2v) is 7.53. The molecule has 8 heteroatoms. The van der Waals surface area contributed by atoms with E-state index in [1.807, 2.05) is 62.4 Å². The quantitative estimate of drug-likeness (QED) is 0.189. The largest absolute Gasteiger partial charge is 0.494 e. The van der Waals surface area contributed by atoms with Gasteiger partial charge in [0.05, 0.1) is 25.3 Å². The zero-order chi connectivity index (χ0) is 22.1. The van der Waals surface area contributed by atoms with Crippen LogP contribution in [-0.4, -0.2) is 31.6 Å². The number of fused-ring (bicyclic) bond motifs is 1. The van der Waals surface area contributed by atoms with Gasteiger partial charge in [-0.1, -0.05) is 30.3 Å². The second kappa shape index (κ2) is 13.1. The van der Waals surface area contributed by atoms with Gasteiger partial charge in [0.2, 0.25) is 5.91 Å². The predicted molar refractivity (Wildman–Crippen MR) is 138 cm³/mol. The Labute approximate surface area is 207 Å². The lowest BCUT2D eigenvalue weighted by atomic mass is 10.0.